The van der Waals surface area contributed by atoms with E-state index in [2.05, 4.69) is 24.0 Å². The molecule has 0 aliphatic heterocycles. The van der Waals surface area contributed by atoms with Crippen molar-refractivity contribution >= 4 is 17.6 Å². The van der Waals surface area contributed by atoms with Crippen molar-refractivity contribution in [2.24, 2.45) is 5.92 Å². The molecule has 0 aliphatic carbocycles. The van der Waals surface area contributed by atoms with Crippen molar-refractivity contribution in [3.63, 3.8) is 0 Å². The Balaban J connectivity index is 2.55. The van der Waals surface area contributed by atoms with Crippen LogP contribution in [-0.2, 0) is 5.88 Å². The molecule has 5 heteroatoms. The maximum Gasteiger partial charge on any atom is 0.317 e. The molecule has 80 valence electrons. The normalized spacial score (nSPS) is 12.9. The summed E-state index contributed by atoms with van der Waals surface area (Å²) >= 11 is 5.56. The van der Waals surface area contributed by atoms with Gasteiger partial charge in [-0.25, -0.2) is 0 Å². The molecule has 0 radical (unpaired) electrons. The molecule has 0 amide bonds. The van der Waals surface area contributed by atoms with Crippen LogP contribution in [0.5, 0.6) is 0 Å². The van der Waals surface area contributed by atoms with Crippen LogP contribution >= 0.6 is 11.6 Å². The Morgan fingerprint density at radius 3 is 2.71 bits per heavy atom. The quantitative estimate of drug-likeness (QED) is 0.710. The molecule has 4 nitrogen and oxygen atoms in total. The summed E-state index contributed by atoms with van der Waals surface area (Å²) in [6, 6.07) is 0.543. The second kappa shape index (κ2) is 5.20. The zero-order chi connectivity index (χ0) is 10.6. The third-order valence-electron chi connectivity index (χ3n) is 2.18. The van der Waals surface area contributed by atoms with Gasteiger partial charge in [-0.05, 0) is 5.92 Å². The first-order chi connectivity index (χ1) is 6.67. The lowest BCUT2D eigenvalue weighted by Gasteiger charge is -2.17. The highest BCUT2D eigenvalue weighted by molar-refractivity contribution is 6.16. The number of rotatable bonds is 5. The van der Waals surface area contributed by atoms with Gasteiger partial charge in [0, 0.05) is 13.6 Å². The molecule has 0 saturated carbocycles. The van der Waals surface area contributed by atoms with Gasteiger partial charge in [-0.2, -0.15) is 0 Å². The second-order valence-corrected chi connectivity index (χ2v) is 3.77. The SMILES string of the molecule is CCC(C)CN(C)c1nnc(CCl)o1. The Morgan fingerprint density at radius 2 is 2.21 bits per heavy atom. The summed E-state index contributed by atoms with van der Waals surface area (Å²) in [6.45, 7) is 5.27. The molecule has 1 aromatic heterocycles. The molecule has 1 heterocycles. The molecule has 0 aliphatic rings. The van der Waals surface area contributed by atoms with Crippen molar-refractivity contribution in [2.75, 3.05) is 18.5 Å². The van der Waals surface area contributed by atoms with Gasteiger partial charge in [-0.1, -0.05) is 25.4 Å². The number of anilines is 1. The van der Waals surface area contributed by atoms with Gasteiger partial charge in [-0.15, -0.1) is 16.7 Å². The summed E-state index contributed by atoms with van der Waals surface area (Å²) < 4.78 is 5.31. The summed E-state index contributed by atoms with van der Waals surface area (Å²) in [5, 5.41) is 7.70. The van der Waals surface area contributed by atoms with Gasteiger partial charge in [0.25, 0.3) is 0 Å². The highest BCUT2D eigenvalue weighted by Crippen LogP contribution is 2.14. The molecule has 1 atom stereocenters. The lowest BCUT2D eigenvalue weighted by atomic mass is 10.1. The molecule has 0 N–H and O–H groups in total. The average Bonchev–Trinajstić information content (AvgIpc) is 2.65. The van der Waals surface area contributed by atoms with E-state index in [-0.39, 0.29) is 5.88 Å². The van der Waals surface area contributed by atoms with Gasteiger partial charge in [0.15, 0.2) is 0 Å². The molecular formula is C9H16ClN3O. The predicted molar refractivity (Wildman–Crippen MR) is 56.6 cm³/mol. The van der Waals surface area contributed by atoms with Crippen molar-refractivity contribution in [1.29, 1.82) is 0 Å². The van der Waals surface area contributed by atoms with Crippen molar-refractivity contribution in [2.45, 2.75) is 26.1 Å². The zero-order valence-corrected chi connectivity index (χ0v) is 9.58. The van der Waals surface area contributed by atoms with E-state index in [0.29, 0.717) is 17.8 Å². The Morgan fingerprint density at radius 1 is 1.50 bits per heavy atom. The number of hydrogen-bond donors (Lipinski definition) is 0. The number of alkyl halides is 1. The van der Waals surface area contributed by atoms with E-state index in [1.54, 1.807) is 0 Å². The van der Waals surface area contributed by atoms with E-state index in [9.17, 15) is 0 Å². The minimum Gasteiger partial charge on any atom is -0.407 e. The van der Waals surface area contributed by atoms with Crippen LogP contribution in [0.2, 0.25) is 0 Å². The van der Waals surface area contributed by atoms with Crippen LogP contribution in [-0.4, -0.2) is 23.8 Å². The smallest absolute Gasteiger partial charge is 0.317 e. The first-order valence-electron chi connectivity index (χ1n) is 4.76. The topological polar surface area (TPSA) is 42.2 Å². The first-order valence-corrected chi connectivity index (χ1v) is 5.30. The molecule has 1 rings (SSSR count). The van der Waals surface area contributed by atoms with E-state index in [0.717, 1.165) is 13.0 Å². The minimum atomic E-state index is 0.268. The Kier molecular flexibility index (Phi) is 4.20. The zero-order valence-electron chi connectivity index (χ0n) is 8.83. The maximum atomic E-state index is 5.56. The summed E-state index contributed by atoms with van der Waals surface area (Å²) in [4.78, 5) is 1.96. The largest absolute Gasteiger partial charge is 0.407 e. The van der Waals surface area contributed by atoms with Crippen LogP contribution in [0.15, 0.2) is 4.42 Å². The number of nitrogens with zero attached hydrogens (tertiary/aromatic N) is 3. The molecule has 0 spiro atoms. The van der Waals surface area contributed by atoms with Crippen LogP contribution in [0, 0.1) is 5.92 Å². The number of halogens is 1. The fourth-order valence-electron chi connectivity index (χ4n) is 1.13. The highest BCUT2D eigenvalue weighted by Gasteiger charge is 2.11. The monoisotopic (exact) mass is 217 g/mol. The lowest BCUT2D eigenvalue weighted by molar-refractivity contribution is 0.482. The molecule has 0 fully saturated rings. The Hall–Kier alpha value is -0.770. The predicted octanol–water partition coefficient (Wildman–Crippen LogP) is 2.29. The number of aromatic nitrogens is 2. The van der Waals surface area contributed by atoms with Gasteiger partial charge in [0.2, 0.25) is 5.89 Å². The summed E-state index contributed by atoms with van der Waals surface area (Å²) in [7, 11) is 1.94. The fourth-order valence-corrected chi connectivity index (χ4v) is 1.24. The molecule has 14 heavy (non-hydrogen) atoms. The fraction of sp³-hybridized carbons (Fsp3) is 0.778. The third-order valence-corrected chi connectivity index (χ3v) is 2.41. The Bertz CT molecular complexity index is 277. The van der Waals surface area contributed by atoms with Crippen molar-refractivity contribution < 1.29 is 4.42 Å². The molecule has 1 unspecified atom stereocenters. The summed E-state index contributed by atoms with van der Waals surface area (Å²) in [6.07, 6.45) is 1.14. The number of hydrogen-bond acceptors (Lipinski definition) is 4. The molecule has 1 aromatic rings. The van der Waals surface area contributed by atoms with Crippen molar-refractivity contribution in [1.82, 2.24) is 10.2 Å². The van der Waals surface area contributed by atoms with E-state index < -0.39 is 0 Å². The maximum absolute atomic E-state index is 5.56. The molecule has 0 bridgehead atoms. The van der Waals surface area contributed by atoms with Crippen LogP contribution in [0.25, 0.3) is 0 Å². The standard InChI is InChI=1S/C9H16ClN3O/c1-4-7(2)6-13(3)9-12-11-8(5-10)14-9/h7H,4-6H2,1-3H3. The second-order valence-electron chi connectivity index (χ2n) is 3.51. The third kappa shape index (κ3) is 2.87. The Labute approximate surface area is 89.3 Å². The van der Waals surface area contributed by atoms with Crippen LogP contribution < -0.4 is 4.90 Å². The summed E-state index contributed by atoms with van der Waals surface area (Å²) in [5.74, 6) is 1.36. The molecule has 0 saturated heterocycles. The van der Waals surface area contributed by atoms with Crippen molar-refractivity contribution in [3.05, 3.63) is 5.89 Å². The van der Waals surface area contributed by atoms with Crippen LogP contribution in [0.1, 0.15) is 26.2 Å². The van der Waals surface area contributed by atoms with Gasteiger partial charge < -0.3 is 9.32 Å². The summed E-state index contributed by atoms with van der Waals surface area (Å²) in [5.41, 5.74) is 0. The van der Waals surface area contributed by atoms with Gasteiger partial charge >= 0.3 is 6.01 Å². The molecular weight excluding hydrogens is 202 g/mol. The first kappa shape index (κ1) is 11.3. The van der Waals surface area contributed by atoms with Gasteiger partial charge in [-0.3, -0.25) is 0 Å². The molecule has 0 aromatic carbocycles. The van der Waals surface area contributed by atoms with E-state index in [4.69, 9.17) is 16.0 Å². The van der Waals surface area contributed by atoms with Crippen LogP contribution in [0.4, 0.5) is 6.01 Å². The van der Waals surface area contributed by atoms with E-state index >= 15 is 0 Å². The highest BCUT2D eigenvalue weighted by atomic mass is 35.5. The average molecular weight is 218 g/mol. The van der Waals surface area contributed by atoms with Gasteiger partial charge in [0.05, 0.1) is 0 Å². The van der Waals surface area contributed by atoms with Crippen molar-refractivity contribution in [3.8, 4) is 0 Å². The van der Waals surface area contributed by atoms with Crippen LogP contribution in [0.3, 0.4) is 0 Å². The lowest BCUT2D eigenvalue weighted by Crippen LogP contribution is -2.23. The van der Waals surface area contributed by atoms with Gasteiger partial charge in [0.1, 0.15) is 5.88 Å². The van der Waals surface area contributed by atoms with E-state index in [1.807, 2.05) is 11.9 Å². The van der Waals surface area contributed by atoms with E-state index in [1.165, 1.54) is 0 Å². The minimum absolute atomic E-state index is 0.268.